The van der Waals surface area contributed by atoms with Crippen LogP contribution in [0.15, 0.2) is 24.3 Å². The molecular formula is C16H23ClN2O4. The van der Waals surface area contributed by atoms with Crippen molar-refractivity contribution >= 4 is 24.3 Å². The Balaban J connectivity index is 0.00000264. The lowest BCUT2D eigenvalue weighted by Crippen LogP contribution is -2.37. The second-order valence-corrected chi connectivity index (χ2v) is 5.25. The van der Waals surface area contributed by atoms with Crippen LogP contribution in [0.25, 0.3) is 0 Å². The Bertz CT molecular complexity index is 519. The molecule has 0 unspecified atom stereocenters. The summed E-state index contributed by atoms with van der Waals surface area (Å²) in [6.07, 6.45) is 1.77. The smallest absolute Gasteiger partial charge is 0.343 e. The molecule has 1 aliphatic heterocycles. The predicted octanol–water partition coefficient (Wildman–Crippen LogP) is 1.28. The minimum Gasteiger partial charge on any atom is -0.482 e. The number of ether oxygens (including phenoxy) is 2. The molecule has 128 valence electrons. The van der Waals surface area contributed by atoms with Crippen molar-refractivity contribution in [2.24, 2.45) is 5.92 Å². The lowest BCUT2D eigenvalue weighted by Gasteiger charge is -2.21. The van der Waals surface area contributed by atoms with Crippen LogP contribution in [-0.2, 0) is 20.9 Å². The van der Waals surface area contributed by atoms with E-state index in [9.17, 15) is 9.59 Å². The van der Waals surface area contributed by atoms with Crippen LogP contribution in [0.5, 0.6) is 5.75 Å². The van der Waals surface area contributed by atoms with Gasteiger partial charge in [-0.05, 0) is 43.6 Å². The summed E-state index contributed by atoms with van der Waals surface area (Å²) in [6.45, 7) is 2.13. The Morgan fingerprint density at radius 2 is 2.04 bits per heavy atom. The summed E-state index contributed by atoms with van der Waals surface area (Å²) in [5, 5.41) is 6.20. The van der Waals surface area contributed by atoms with Gasteiger partial charge in [-0.2, -0.15) is 0 Å². The lowest BCUT2D eigenvalue weighted by molar-refractivity contribution is -0.142. The maximum atomic E-state index is 12.1. The maximum Gasteiger partial charge on any atom is 0.343 e. The highest BCUT2D eigenvalue weighted by Crippen LogP contribution is 2.15. The largest absolute Gasteiger partial charge is 0.482 e. The van der Waals surface area contributed by atoms with Crippen LogP contribution in [0, 0.1) is 5.92 Å². The van der Waals surface area contributed by atoms with Gasteiger partial charge in [0.15, 0.2) is 6.61 Å². The van der Waals surface area contributed by atoms with E-state index in [0.29, 0.717) is 12.3 Å². The van der Waals surface area contributed by atoms with E-state index in [4.69, 9.17) is 4.74 Å². The number of methoxy groups -OCH3 is 1. The molecular weight excluding hydrogens is 320 g/mol. The van der Waals surface area contributed by atoms with Crippen molar-refractivity contribution in [3.05, 3.63) is 29.8 Å². The van der Waals surface area contributed by atoms with Crippen LogP contribution in [-0.4, -0.2) is 38.7 Å². The lowest BCUT2D eigenvalue weighted by atomic mass is 9.97. The average molecular weight is 343 g/mol. The molecule has 1 aromatic rings. The fraction of sp³-hybridized carbons (Fsp3) is 0.500. The second kappa shape index (κ2) is 10.1. The molecule has 1 amide bonds. The quantitative estimate of drug-likeness (QED) is 0.761. The van der Waals surface area contributed by atoms with E-state index >= 15 is 0 Å². The summed E-state index contributed by atoms with van der Waals surface area (Å²) >= 11 is 0. The molecule has 0 bridgehead atoms. The molecule has 1 saturated heterocycles. The van der Waals surface area contributed by atoms with Crippen LogP contribution in [0.3, 0.4) is 0 Å². The van der Waals surface area contributed by atoms with Gasteiger partial charge < -0.3 is 20.1 Å². The number of hydrogen-bond acceptors (Lipinski definition) is 5. The normalized spacial score (nSPS) is 14.5. The summed E-state index contributed by atoms with van der Waals surface area (Å²) in [5.74, 6) is 0.353. The zero-order valence-corrected chi connectivity index (χ0v) is 14.0. The Hall–Kier alpha value is -1.79. The first-order valence-corrected chi connectivity index (χ1v) is 7.46. The Morgan fingerprint density at radius 1 is 1.30 bits per heavy atom. The number of halogens is 1. The molecule has 7 heteroatoms. The molecule has 0 saturated carbocycles. The summed E-state index contributed by atoms with van der Waals surface area (Å²) < 4.78 is 9.85. The van der Waals surface area contributed by atoms with Gasteiger partial charge >= 0.3 is 5.97 Å². The number of nitrogens with one attached hydrogen (secondary N) is 2. The minimum atomic E-state index is -0.426. The van der Waals surface area contributed by atoms with Crippen molar-refractivity contribution in [2.45, 2.75) is 19.4 Å². The zero-order chi connectivity index (χ0) is 15.8. The molecule has 1 heterocycles. The van der Waals surface area contributed by atoms with Crippen molar-refractivity contribution in [2.75, 3.05) is 26.8 Å². The zero-order valence-electron chi connectivity index (χ0n) is 13.2. The number of benzene rings is 1. The molecule has 1 aliphatic rings. The van der Waals surface area contributed by atoms with Gasteiger partial charge in [0.05, 0.1) is 7.11 Å². The van der Waals surface area contributed by atoms with Crippen molar-refractivity contribution in [3.63, 3.8) is 0 Å². The Morgan fingerprint density at radius 3 is 2.74 bits per heavy atom. The van der Waals surface area contributed by atoms with Crippen LogP contribution in [0.4, 0.5) is 0 Å². The number of rotatable bonds is 6. The maximum absolute atomic E-state index is 12.1. The third-order valence-corrected chi connectivity index (χ3v) is 3.66. The van der Waals surface area contributed by atoms with Gasteiger partial charge in [0.25, 0.3) is 0 Å². The molecule has 0 aromatic heterocycles. The first-order valence-electron chi connectivity index (χ1n) is 7.46. The Labute approximate surface area is 142 Å². The summed E-state index contributed by atoms with van der Waals surface area (Å²) in [7, 11) is 1.32. The molecule has 23 heavy (non-hydrogen) atoms. The summed E-state index contributed by atoms with van der Waals surface area (Å²) in [6, 6.07) is 7.32. The van der Waals surface area contributed by atoms with Crippen molar-refractivity contribution in [1.29, 1.82) is 0 Å². The van der Waals surface area contributed by atoms with E-state index in [-0.39, 0.29) is 30.8 Å². The third kappa shape index (κ3) is 6.46. The molecule has 1 fully saturated rings. The van der Waals surface area contributed by atoms with Gasteiger partial charge in [-0.1, -0.05) is 12.1 Å². The standard InChI is InChI=1S/C16H22N2O4.ClH/c1-21-15(19)11-22-14-4-2-3-12(9-14)10-18-16(20)13-5-7-17-8-6-13;/h2-4,9,13,17H,5-8,10-11H2,1H3,(H,18,20);1H. The van der Waals surface area contributed by atoms with E-state index in [0.717, 1.165) is 31.5 Å². The van der Waals surface area contributed by atoms with Crippen LogP contribution < -0.4 is 15.4 Å². The predicted molar refractivity (Wildman–Crippen MR) is 88.6 cm³/mol. The van der Waals surface area contributed by atoms with Gasteiger partial charge in [0.1, 0.15) is 5.75 Å². The molecule has 0 atom stereocenters. The molecule has 0 radical (unpaired) electrons. The fourth-order valence-electron chi connectivity index (χ4n) is 2.36. The minimum absolute atomic E-state index is 0. The highest BCUT2D eigenvalue weighted by Gasteiger charge is 2.20. The molecule has 0 aliphatic carbocycles. The second-order valence-electron chi connectivity index (χ2n) is 5.25. The van der Waals surface area contributed by atoms with Gasteiger partial charge in [-0.3, -0.25) is 4.79 Å². The van der Waals surface area contributed by atoms with Crippen molar-refractivity contribution in [1.82, 2.24) is 10.6 Å². The number of piperidine rings is 1. The molecule has 2 rings (SSSR count). The van der Waals surface area contributed by atoms with Crippen LogP contribution in [0.2, 0.25) is 0 Å². The molecule has 2 N–H and O–H groups in total. The number of amides is 1. The van der Waals surface area contributed by atoms with E-state index in [1.165, 1.54) is 7.11 Å². The highest BCUT2D eigenvalue weighted by molar-refractivity contribution is 5.85. The van der Waals surface area contributed by atoms with Crippen LogP contribution >= 0.6 is 12.4 Å². The monoisotopic (exact) mass is 342 g/mol. The van der Waals surface area contributed by atoms with Gasteiger partial charge in [-0.15, -0.1) is 12.4 Å². The third-order valence-electron chi connectivity index (χ3n) is 3.66. The number of carbonyl (C=O) groups excluding carboxylic acids is 2. The van der Waals surface area contributed by atoms with Crippen molar-refractivity contribution in [3.8, 4) is 5.75 Å². The SMILES string of the molecule is COC(=O)COc1cccc(CNC(=O)C2CCNCC2)c1.Cl. The summed E-state index contributed by atoms with van der Waals surface area (Å²) in [5.41, 5.74) is 0.935. The summed E-state index contributed by atoms with van der Waals surface area (Å²) in [4.78, 5) is 23.1. The molecule has 1 aromatic carbocycles. The first-order chi connectivity index (χ1) is 10.7. The van der Waals surface area contributed by atoms with Gasteiger partial charge in [0, 0.05) is 12.5 Å². The molecule has 0 spiro atoms. The topological polar surface area (TPSA) is 76.7 Å². The molecule has 6 nitrogen and oxygen atoms in total. The number of esters is 1. The Kier molecular flexibility index (Phi) is 8.43. The van der Waals surface area contributed by atoms with Crippen molar-refractivity contribution < 1.29 is 19.1 Å². The van der Waals surface area contributed by atoms with E-state index in [1.807, 2.05) is 18.2 Å². The van der Waals surface area contributed by atoms with E-state index in [1.54, 1.807) is 6.07 Å². The van der Waals surface area contributed by atoms with Gasteiger partial charge in [0.2, 0.25) is 5.91 Å². The van der Waals surface area contributed by atoms with E-state index in [2.05, 4.69) is 15.4 Å². The van der Waals surface area contributed by atoms with Crippen LogP contribution in [0.1, 0.15) is 18.4 Å². The average Bonchev–Trinajstić information content (AvgIpc) is 2.58. The number of hydrogen-bond donors (Lipinski definition) is 2. The fourth-order valence-corrected chi connectivity index (χ4v) is 2.36. The van der Waals surface area contributed by atoms with E-state index < -0.39 is 5.97 Å². The number of carbonyl (C=O) groups is 2. The van der Waals surface area contributed by atoms with Gasteiger partial charge in [-0.25, -0.2) is 4.79 Å². The first kappa shape index (κ1) is 19.3. The highest BCUT2D eigenvalue weighted by atomic mass is 35.5.